The quantitative estimate of drug-likeness (QED) is 0.917. The minimum Gasteiger partial charge on any atom is -0.359 e. The first-order chi connectivity index (χ1) is 10.9. The van der Waals surface area contributed by atoms with Gasteiger partial charge in [0, 0.05) is 20.1 Å². The summed E-state index contributed by atoms with van der Waals surface area (Å²) in [7, 11) is -1.91. The first kappa shape index (κ1) is 16.5. The molecule has 0 aromatic heterocycles. The number of sulfonamides is 1. The van der Waals surface area contributed by atoms with Crippen molar-refractivity contribution in [2.75, 3.05) is 20.1 Å². The largest absolute Gasteiger partial charge is 0.359 e. The van der Waals surface area contributed by atoms with E-state index in [-0.39, 0.29) is 23.8 Å². The van der Waals surface area contributed by atoms with Crippen molar-refractivity contribution in [2.45, 2.75) is 37.5 Å². The number of amides is 1. The van der Waals surface area contributed by atoms with E-state index in [4.69, 9.17) is 0 Å². The molecule has 1 saturated carbocycles. The Morgan fingerprint density at radius 3 is 2.39 bits per heavy atom. The zero-order valence-electron chi connectivity index (χ0n) is 13.7. The highest BCUT2D eigenvalue weighted by molar-refractivity contribution is 7.89. The molecule has 1 amide bonds. The SMILES string of the molecule is CNC(=O)[C@@H]1CN(S(=O)(=O)c2ccc(C)cc2)CC12CCCC2. The average molecular weight is 336 g/mol. The van der Waals surface area contributed by atoms with Crippen LogP contribution in [-0.2, 0) is 14.8 Å². The van der Waals surface area contributed by atoms with Crippen molar-refractivity contribution < 1.29 is 13.2 Å². The second-order valence-corrected chi connectivity index (χ2v) is 8.78. The zero-order valence-corrected chi connectivity index (χ0v) is 14.5. The molecule has 0 bridgehead atoms. The summed E-state index contributed by atoms with van der Waals surface area (Å²) in [5.74, 6) is -0.274. The van der Waals surface area contributed by atoms with Crippen LogP contribution in [-0.4, -0.2) is 38.8 Å². The van der Waals surface area contributed by atoms with E-state index in [1.54, 1.807) is 19.2 Å². The highest BCUT2D eigenvalue weighted by Crippen LogP contribution is 2.50. The predicted octanol–water partition coefficient (Wildman–Crippen LogP) is 1.92. The Bertz CT molecular complexity index is 691. The Labute approximate surface area is 138 Å². The van der Waals surface area contributed by atoms with E-state index in [1.165, 1.54) is 4.31 Å². The van der Waals surface area contributed by atoms with E-state index < -0.39 is 10.0 Å². The molecule has 1 aromatic carbocycles. The van der Waals surface area contributed by atoms with Crippen LogP contribution in [0.25, 0.3) is 0 Å². The highest BCUT2D eigenvalue weighted by Gasteiger charge is 2.53. The van der Waals surface area contributed by atoms with Gasteiger partial charge in [-0.2, -0.15) is 4.31 Å². The van der Waals surface area contributed by atoms with E-state index in [9.17, 15) is 13.2 Å². The minimum atomic E-state index is -3.54. The summed E-state index contributed by atoms with van der Waals surface area (Å²) >= 11 is 0. The van der Waals surface area contributed by atoms with E-state index in [2.05, 4.69) is 5.32 Å². The lowest BCUT2D eigenvalue weighted by Crippen LogP contribution is -2.38. The molecule has 1 aliphatic heterocycles. The summed E-state index contributed by atoms with van der Waals surface area (Å²) in [6.07, 6.45) is 4.02. The van der Waals surface area contributed by atoms with Crippen LogP contribution in [0.2, 0.25) is 0 Å². The molecule has 1 spiro atoms. The fourth-order valence-corrected chi connectivity index (χ4v) is 5.64. The van der Waals surface area contributed by atoms with Gasteiger partial charge in [0.2, 0.25) is 15.9 Å². The van der Waals surface area contributed by atoms with Crippen LogP contribution in [0.5, 0.6) is 0 Å². The molecule has 1 saturated heterocycles. The maximum absolute atomic E-state index is 12.9. The molecular weight excluding hydrogens is 312 g/mol. The van der Waals surface area contributed by atoms with Crippen LogP contribution in [0.4, 0.5) is 0 Å². The molecular formula is C17H24N2O3S. The Kier molecular flexibility index (Phi) is 4.23. The van der Waals surface area contributed by atoms with Gasteiger partial charge in [0.15, 0.2) is 0 Å². The zero-order chi connectivity index (χ0) is 16.7. The number of carbonyl (C=O) groups is 1. The Hall–Kier alpha value is -1.40. The lowest BCUT2D eigenvalue weighted by Gasteiger charge is -2.28. The van der Waals surface area contributed by atoms with Crippen molar-refractivity contribution in [1.29, 1.82) is 0 Å². The van der Waals surface area contributed by atoms with E-state index in [0.717, 1.165) is 31.2 Å². The van der Waals surface area contributed by atoms with Crippen molar-refractivity contribution in [3.05, 3.63) is 29.8 Å². The van der Waals surface area contributed by atoms with Crippen molar-refractivity contribution in [3.8, 4) is 0 Å². The molecule has 5 nitrogen and oxygen atoms in total. The summed E-state index contributed by atoms with van der Waals surface area (Å²) < 4.78 is 27.4. The van der Waals surface area contributed by atoms with Gasteiger partial charge < -0.3 is 5.32 Å². The van der Waals surface area contributed by atoms with Crippen LogP contribution in [0.3, 0.4) is 0 Å². The van der Waals surface area contributed by atoms with Crippen LogP contribution in [0, 0.1) is 18.3 Å². The summed E-state index contributed by atoms with van der Waals surface area (Å²) in [6, 6.07) is 6.92. The standard InChI is InChI=1S/C17H24N2O3S/c1-13-5-7-14(8-6-13)23(21,22)19-11-15(16(20)18-2)17(12-19)9-3-4-10-17/h5-8,15H,3-4,9-12H2,1-2H3,(H,18,20)/t15-/m0/s1. The summed E-state index contributed by atoms with van der Waals surface area (Å²) in [4.78, 5) is 12.6. The molecule has 1 atom stereocenters. The summed E-state index contributed by atoms with van der Waals surface area (Å²) in [5.41, 5.74) is 0.846. The monoisotopic (exact) mass is 336 g/mol. The van der Waals surface area contributed by atoms with Gasteiger partial charge in [-0.25, -0.2) is 8.42 Å². The number of hydrogen-bond acceptors (Lipinski definition) is 3. The maximum atomic E-state index is 12.9. The van der Waals surface area contributed by atoms with Gasteiger partial charge in [-0.3, -0.25) is 4.79 Å². The molecule has 1 heterocycles. The fraction of sp³-hybridized carbons (Fsp3) is 0.588. The summed E-state index contributed by atoms with van der Waals surface area (Å²) in [5, 5.41) is 2.72. The van der Waals surface area contributed by atoms with E-state index >= 15 is 0 Å². The molecule has 0 radical (unpaired) electrons. The number of rotatable bonds is 3. The smallest absolute Gasteiger partial charge is 0.243 e. The second-order valence-electron chi connectivity index (χ2n) is 6.85. The van der Waals surface area contributed by atoms with Gasteiger partial charge in [-0.1, -0.05) is 30.5 Å². The lowest BCUT2D eigenvalue weighted by molar-refractivity contribution is -0.127. The van der Waals surface area contributed by atoms with Gasteiger partial charge in [0.05, 0.1) is 10.8 Å². The molecule has 0 unspecified atom stereocenters. The van der Waals surface area contributed by atoms with Gasteiger partial charge in [0.25, 0.3) is 0 Å². The molecule has 1 N–H and O–H groups in total. The number of aryl methyl sites for hydroxylation is 1. The van der Waals surface area contributed by atoms with Crippen molar-refractivity contribution in [2.24, 2.45) is 11.3 Å². The second kappa shape index (κ2) is 5.91. The predicted molar refractivity (Wildman–Crippen MR) is 88.4 cm³/mol. The Morgan fingerprint density at radius 2 is 1.83 bits per heavy atom. The Morgan fingerprint density at radius 1 is 1.22 bits per heavy atom. The average Bonchev–Trinajstić information content (AvgIpc) is 3.15. The number of nitrogens with one attached hydrogen (secondary N) is 1. The minimum absolute atomic E-state index is 0.0338. The first-order valence-electron chi connectivity index (χ1n) is 8.17. The van der Waals surface area contributed by atoms with E-state index in [1.807, 2.05) is 19.1 Å². The number of benzene rings is 1. The van der Waals surface area contributed by atoms with Gasteiger partial charge in [-0.05, 0) is 37.3 Å². The topological polar surface area (TPSA) is 66.5 Å². The molecule has 2 aliphatic rings. The van der Waals surface area contributed by atoms with Crippen LogP contribution < -0.4 is 5.32 Å². The van der Waals surface area contributed by atoms with Crippen LogP contribution >= 0.6 is 0 Å². The maximum Gasteiger partial charge on any atom is 0.243 e. The first-order valence-corrected chi connectivity index (χ1v) is 9.61. The molecule has 2 fully saturated rings. The summed E-state index contributed by atoms with van der Waals surface area (Å²) in [6.45, 7) is 2.68. The van der Waals surface area contributed by atoms with Crippen molar-refractivity contribution in [3.63, 3.8) is 0 Å². The van der Waals surface area contributed by atoms with Gasteiger partial charge in [0.1, 0.15) is 0 Å². The van der Waals surface area contributed by atoms with Crippen LogP contribution in [0.15, 0.2) is 29.2 Å². The molecule has 6 heteroatoms. The van der Waals surface area contributed by atoms with Crippen LogP contribution in [0.1, 0.15) is 31.2 Å². The highest BCUT2D eigenvalue weighted by atomic mass is 32.2. The molecule has 1 aliphatic carbocycles. The third-order valence-electron chi connectivity index (χ3n) is 5.44. The number of carbonyl (C=O) groups excluding carboxylic acids is 1. The third kappa shape index (κ3) is 2.78. The van der Waals surface area contributed by atoms with Gasteiger partial charge >= 0.3 is 0 Å². The van der Waals surface area contributed by atoms with Crippen molar-refractivity contribution >= 4 is 15.9 Å². The molecule has 23 heavy (non-hydrogen) atoms. The van der Waals surface area contributed by atoms with Gasteiger partial charge in [-0.15, -0.1) is 0 Å². The van der Waals surface area contributed by atoms with Crippen molar-refractivity contribution in [1.82, 2.24) is 9.62 Å². The number of hydrogen-bond donors (Lipinski definition) is 1. The van der Waals surface area contributed by atoms with E-state index in [0.29, 0.717) is 11.4 Å². The fourth-order valence-electron chi connectivity index (χ4n) is 4.09. The molecule has 3 rings (SSSR count). The number of nitrogens with zero attached hydrogens (tertiary/aromatic N) is 1. The lowest BCUT2D eigenvalue weighted by atomic mass is 9.76. The Balaban J connectivity index is 1.92. The normalized spacial score (nSPS) is 24.2. The molecule has 1 aromatic rings. The third-order valence-corrected chi connectivity index (χ3v) is 7.26. The molecule has 126 valence electrons.